The number of hydrogen-bond donors (Lipinski definition) is 2. The molecule has 164 valence electrons. The minimum absolute atomic E-state index is 0.212. The van der Waals surface area contributed by atoms with Crippen LogP contribution < -0.4 is 20.5 Å². The number of carbonyl (C=O) groups is 1. The Kier molecular flexibility index (Phi) is 8.68. The summed E-state index contributed by atoms with van der Waals surface area (Å²) in [6.07, 6.45) is 0. The van der Waals surface area contributed by atoms with E-state index in [0.717, 1.165) is 28.7 Å². The first kappa shape index (κ1) is 23.0. The molecule has 0 aliphatic rings. The molecule has 0 atom stereocenters. The van der Waals surface area contributed by atoms with Gasteiger partial charge in [0.25, 0.3) is 5.91 Å². The van der Waals surface area contributed by atoms with Crippen molar-refractivity contribution in [2.24, 2.45) is 5.73 Å². The standard InChI is InChI=1S/C20H23BrN6O3S/c1-2-29-17-11-14(10-16(21)19(17)30-13-18(22)28)12-23-8-9-31-20-24-25-26-27(20)15-6-4-3-5-7-15/h3-7,10-11,23H,2,8-9,12-13H2,1H3,(H2,22,28). The number of nitrogens with two attached hydrogens (primary N) is 1. The third kappa shape index (κ3) is 6.68. The van der Waals surface area contributed by atoms with Crippen LogP contribution in [0.3, 0.4) is 0 Å². The molecule has 0 radical (unpaired) electrons. The number of para-hydroxylation sites is 1. The predicted molar refractivity (Wildman–Crippen MR) is 122 cm³/mol. The molecule has 3 rings (SSSR count). The van der Waals surface area contributed by atoms with E-state index >= 15 is 0 Å². The van der Waals surface area contributed by atoms with E-state index in [-0.39, 0.29) is 6.61 Å². The third-order valence-corrected chi connectivity index (χ3v) is 5.52. The summed E-state index contributed by atoms with van der Waals surface area (Å²) in [6, 6.07) is 13.6. The lowest BCUT2D eigenvalue weighted by atomic mass is 10.2. The molecule has 0 unspecified atom stereocenters. The van der Waals surface area contributed by atoms with Gasteiger partial charge < -0.3 is 20.5 Å². The Balaban J connectivity index is 1.53. The summed E-state index contributed by atoms with van der Waals surface area (Å²) in [5, 5.41) is 16.1. The van der Waals surface area contributed by atoms with Gasteiger partial charge in [-0.2, -0.15) is 4.68 Å². The number of primary amides is 1. The van der Waals surface area contributed by atoms with Crippen molar-refractivity contribution in [2.45, 2.75) is 18.6 Å². The summed E-state index contributed by atoms with van der Waals surface area (Å²) in [5.41, 5.74) is 7.11. The third-order valence-electron chi connectivity index (χ3n) is 4.01. The largest absolute Gasteiger partial charge is 0.490 e. The molecule has 0 spiro atoms. The van der Waals surface area contributed by atoms with Crippen LogP contribution in [0.5, 0.6) is 11.5 Å². The molecule has 0 aliphatic carbocycles. The number of tetrazole rings is 1. The number of thioether (sulfide) groups is 1. The van der Waals surface area contributed by atoms with Crippen molar-refractivity contribution < 1.29 is 14.3 Å². The van der Waals surface area contributed by atoms with Crippen LogP contribution >= 0.6 is 27.7 Å². The molecule has 0 saturated heterocycles. The molecule has 0 fully saturated rings. The second-order valence-electron chi connectivity index (χ2n) is 6.33. The van der Waals surface area contributed by atoms with Crippen LogP contribution in [-0.2, 0) is 11.3 Å². The molecular formula is C20H23BrN6O3S. The Hall–Kier alpha value is -2.63. The number of hydrogen-bond acceptors (Lipinski definition) is 8. The molecule has 3 aromatic rings. The fourth-order valence-corrected chi connectivity index (χ4v) is 4.11. The normalized spacial score (nSPS) is 10.8. The topological polar surface area (TPSA) is 117 Å². The van der Waals surface area contributed by atoms with Gasteiger partial charge in [-0.25, -0.2) is 0 Å². The lowest BCUT2D eigenvalue weighted by molar-refractivity contribution is -0.119. The van der Waals surface area contributed by atoms with Gasteiger partial charge in [-0.3, -0.25) is 4.79 Å². The van der Waals surface area contributed by atoms with E-state index in [9.17, 15) is 4.79 Å². The molecule has 31 heavy (non-hydrogen) atoms. The number of aromatic nitrogens is 4. The lowest BCUT2D eigenvalue weighted by Crippen LogP contribution is -2.20. The smallest absolute Gasteiger partial charge is 0.255 e. The van der Waals surface area contributed by atoms with E-state index in [4.69, 9.17) is 15.2 Å². The molecule has 1 amide bonds. The Bertz CT molecular complexity index is 1000. The molecule has 1 heterocycles. The Labute approximate surface area is 192 Å². The number of ether oxygens (including phenoxy) is 2. The number of benzene rings is 2. The summed E-state index contributed by atoms with van der Waals surface area (Å²) >= 11 is 5.06. The van der Waals surface area contributed by atoms with Gasteiger partial charge >= 0.3 is 0 Å². The molecule has 3 N–H and O–H groups in total. The fourth-order valence-electron chi connectivity index (χ4n) is 2.72. The number of rotatable bonds is 12. The second-order valence-corrected chi connectivity index (χ2v) is 8.24. The van der Waals surface area contributed by atoms with Gasteiger partial charge in [-0.15, -0.1) is 5.10 Å². The van der Waals surface area contributed by atoms with Crippen LogP contribution in [0, 0.1) is 0 Å². The zero-order valence-corrected chi connectivity index (χ0v) is 19.4. The highest BCUT2D eigenvalue weighted by atomic mass is 79.9. The van der Waals surface area contributed by atoms with Crippen molar-refractivity contribution in [3.8, 4) is 17.2 Å². The van der Waals surface area contributed by atoms with Crippen molar-refractivity contribution in [1.82, 2.24) is 25.5 Å². The van der Waals surface area contributed by atoms with Gasteiger partial charge in [0.15, 0.2) is 18.1 Å². The molecule has 0 aliphatic heterocycles. The maximum absolute atomic E-state index is 11.0. The average molecular weight is 507 g/mol. The summed E-state index contributed by atoms with van der Waals surface area (Å²) in [5.74, 6) is 1.28. The summed E-state index contributed by atoms with van der Waals surface area (Å²) in [4.78, 5) is 11.0. The van der Waals surface area contributed by atoms with E-state index < -0.39 is 5.91 Å². The maximum Gasteiger partial charge on any atom is 0.255 e. The van der Waals surface area contributed by atoms with Crippen molar-refractivity contribution in [2.75, 3.05) is 25.5 Å². The fraction of sp³-hybridized carbons (Fsp3) is 0.300. The van der Waals surface area contributed by atoms with Crippen molar-refractivity contribution in [1.29, 1.82) is 0 Å². The summed E-state index contributed by atoms with van der Waals surface area (Å²) in [7, 11) is 0. The van der Waals surface area contributed by atoms with E-state index in [1.54, 1.807) is 16.4 Å². The van der Waals surface area contributed by atoms with Gasteiger partial charge in [0.05, 0.1) is 16.8 Å². The Morgan fingerprint density at radius 3 is 2.81 bits per heavy atom. The van der Waals surface area contributed by atoms with E-state index in [1.165, 1.54) is 0 Å². The minimum atomic E-state index is -0.545. The van der Waals surface area contributed by atoms with Gasteiger partial charge in [0.1, 0.15) is 0 Å². The first-order valence-corrected chi connectivity index (χ1v) is 11.4. The van der Waals surface area contributed by atoms with Crippen LogP contribution in [0.25, 0.3) is 5.69 Å². The quantitative estimate of drug-likeness (QED) is 0.284. The first-order chi connectivity index (χ1) is 15.1. The Morgan fingerprint density at radius 2 is 2.06 bits per heavy atom. The zero-order valence-electron chi connectivity index (χ0n) is 17.0. The lowest BCUT2D eigenvalue weighted by Gasteiger charge is -2.15. The summed E-state index contributed by atoms with van der Waals surface area (Å²) < 4.78 is 13.6. The predicted octanol–water partition coefficient (Wildman–Crippen LogP) is 2.57. The molecule has 1 aromatic heterocycles. The van der Waals surface area contributed by atoms with Crippen molar-refractivity contribution in [3.05, 3.63) is 52.5 Å². The van der Waals surface area contributed by atoms with Crippen LogP contribution in [0.15, 0.2) is 52.1 Å². The van der Waals surface area contributed by atoms with Gasteiger partial charge in [0, 0.05) is 18.8 Å². The van der Waals surface area contributed by atoms with Crippen LogP contribution in [0.1, 0.15) is 12.5 Å². The SMILES string of the molecule is CCOc1cc(CNCCSc2nnnn2-c2ccccc2)cc(Br)c1OCC(N)=O. The molecule has 11 heteroatoms. The molecular weight excluding hydrogens is 484 g/mol. The number of amides is 1. The number of carbonyl (C=O) groups excluding carboxylic acids is 1. The zero-order chi connectivity index (χ0) is 22.1. The minimum Gasteiger partial charge on any atom is -0.490 e. The maximum atomic E-state index is 11.0. The monoisotopic (exact) mass is 506 g/mol. The number of halogens is 1. The van der Waals surface area contributed by atoms with E-state index in [2.05, 4.69) is 36.8 Å². The highest BCUT2D eigenvalue weighted by Crippen LogP contribution is 2.37. The molecule has 0 bridgehead atoms. The summed E-state index contributed by atoms with van der Waals surface area (Å²) in [6.45, 7) is 3.54. The van der Waals surface area contributed by atoms with Crippen LogP contribution in [0.2, 0.25) is 0 Å². The Morgan fingerprint density at radius 1 is 1.26 bits per heavy atom. The van der Waals surface area contributed by atoms with Crippen molar-refractivity contribution >= 4 is 33.6 Å². The van der Waals surface area contributed by atoms with Gasteiger partial charge in [-0.1, -0.05) is 30.0 Å². The van der Waals surface area contributed by atoms with Gasteiger partial charge in [0.2, 0.25) is 5.16 Å². The average Bonchev–Trinajstić information content (AvgIpc) is 3.22. The second kappa shape index (κ2) is 11.7. The van der Waals surface area contributed by atoms with Crippen LogP contribution in [-0.4, -0.2) is 51.6 Å². The molecule has 9 nitrogen and oxygen atoms in total. The number of nitrogens with zero attached hydrogens (tertiary/aromatic N) is 4. The molecule has 2 aromatic carbocycles. The highest BCUT2D eigenvalue weighted by molar-refractivity contribution is 9.10. The first-order valence-electron chi connectivity index (χ1n) is 9.62. The molecule has 0 saturated carbocycles. The number of nitrogens with one attached hydrogen (secondary N) is 1. The van der Waals surface area contributed by atoms with Crippen LogP contribution in [0.4, 0.5) is 0 Å². The van der Waals surface area contributed by atoms with E-state index in [1.807, 2.05) is 49.4 Å². The highest BCUT2D eigenvalue weighted by Gasteiger charge is 2.13. The van der Waals surface area contributed by atoms with E-state index in [0.29, 0.717) is 29.1 Å². The van der Waals surface area contributed by atoms with Gasteiger partial charge in [-0.05, 0) is 63.1 Å². The van der Waals surface area contributed by atoms with Crippen molar-refractivity contribution in [3.63, 3.8) is 0 Å².